The minimum atomic E-state index is 0.395. The van der Waals surface area contributed by atoms with Crippen molar-refractivity contribution in [3.8, 4) is 10.4 Å². The predicted octanol–water partition coefficient (Wildman–Crippen LogP) is 3.39. The summed E-state index contributed by atoms with van der Waals surface area (Å²) >= 11 is 1.76. The van der Waals surface area contributed by atoms with E-state index in [1.54, 1.807) is 11.3 Å². The Morgan fingerprint density at radius 3 is 2.95 bits per heavy atom. The number of aryl methyl sites for hydroxylation is 1. The molecule has 1 fully saturated rings. The van der Waals surface area contributed by atoms with Crippen molar-refractivity contribution in [1.82, 2.24) is 10.3 Å². The van der Waals surface area contributed by atoms with Gasteiger partial charge in [-0.3, -0.25) is 0 Å². The van der Waals surface area contributed by atoms with Crippen LogP contribution in [0.1, 0.15) is 23.4 Å². The van der Waals surface area contributed by atoms with Crippen LogP contribution in [-0.4, -0.2) is 24.2 Å². The Hall–Kier alpha value is -1.23. The summed E-state index contributed by atoms with van der Waals surface area (Å²) < 4.78 is 5.60. The summed E-state index contributed by atoms with van der Waals surface area (Å²) in [4.78, 5) is 5.73. The van der Waals surface area contributed by atoms with Crippen LogP contribution in [0.2, 0.25) is 0 Å². The second-order valence-electron chi connectivity index (χ2n) is 5.25. The van der Waals surface area contributed by atoms with Crippen molar-refractivity contribution in [1.29, 1.82) is 0 Å². The van der Waals surface area contributed by atoms with Crippen LogP contribution >= 0.6 is 11.3 Å². The van der Waals surface area contributed by atoms with Gasteiger partial charge in [0.1, 0.15) is 5.01 Å². The van der Waals surface area contributed by atoms with Crippen molar-refractivity contribution >= 4 is 11.3 Å². The van der Waals surface area contributed by atoms with Gasteiger partial charge < -0.3 is 10.1 Å². The van der Waals surface area contributed by atoms with E-state index in [4.69, 9.17) is 4.74 Å². The summed E-state index contributed by atoms with van der Waals surface area (Å²) in [7, 11) is 0. The van der Waals surface area contributed by atoms with Gasteiger partial charge >= 0.3 is 0 Å². The molecule has 1 saturated heterocycles. The smallest absolute Gasteiger partial charge is 0.107 e. The molecule has 1 N–H and O–H groups in total. The number of nitrogens with one attached hydrogen (secondary N) is 1. The summed E-state index contributed by atoms with van der Waals surface area (Å²) in [6.45, 7) is 4.79. The first-order chi connectivity index (χ1) is 9.81. The standard InChI is InChI=1S/C16H20N2OS/c1-12-4-6-13(7-5-12)15-10-18-16(20-15)11-17-9-14-3-2-8-19-14/h4-7,10,14,17H,2-3,8-9,11H2,1H3. The topological polar surface area (TPSA) is 34.2 Å². The highest BCUT2D eigenvalue weighted by Gasteiger charge is 2.14. The van der Waals surface area contributed by atoms with E-state index in [9.17, 15) is 0 Å². The Morgan fingerprint density at radius 1 is 1.35 bits per heavy atom. The minimum Gasteiger partial charge on any atom is -0.377 e. The van der Waals surface area contributed by atoms with Crippen LogP contribution in [0, 0.1) is 6.92 Å². The molecular formula is C16H20N2OS. The molecule has 0 saturated carbocycles. The molecule has 0 aliphatic carbocycles. The van der Waals surface area contributed by atoms with Crippen molar-refractivity contribution in [2.45, 2.75) is 32.4 Å². The normalized spacial score (nSPS) is 18.6. The first-order valence-electron chi connectivity index (χ1n) is 7.15. The van der Waals surface area contributed by atoms with Crippen LogP contribution in [0.15, 0.2) is 30.5 Å². The van der Waals surface area contributed by atoms with E-state index in [1.165, 1.54) is 28.8 Å². The van der Waals surface area contributed by atoms with Crippen molar-refractivity contribution in [3.05, 3.63) is 41.0 Å². The van der Waals surface area contributed by atoms with Gasteiger partial charge in [-0.1, -0.05) is 29.8 Å². The van der Waals surface area contributed by atoms with Gasteiger partial charge in [0.15, 0.2) is 0 Å². The van der Waals surface area contributed by atoms with Gasteiger partial charge in [-0.2, -0.15) is 0 Å². The second kappa shape index (κ2) is 6.48. The van der Waals surface area contributed by atoms with Crippen molar-refractivity contribution in [3.63, 3.8) is 0 Å². The summed E-state index contributed by atoms with van der Waals surface area (Å²) in [5, 5.41) is 4.58. The minimum absolute atomic E-state index is 0.395. The van der Waals surface area contributed by atoms with Crippen LogP contribution < -0.4 is 5.32 Å². The largest absolute Gasteiger partial charge is 0.377 e. The van der Waals surface area contributed by atoms with Crippen LogP contribution in [0.5, 0.6) is 0 Å². The van der Waals surface area contributed by atoms with Crippen LogP contribution in [-0.2, 0) is 11.3 Å². The molecule has 1 aliphatic rings. The van der Waals surface area contributed by atoms with Gasteiger partial charge in [0.05, 0.1) is 11.0 Å². The average Bonchev–Trinajstić information content (AvgIpc) is 3.11. The molecule has 2 heterocycles. The number of rotatable bonds is 5. The molecule has 3 rings (SSSR count). The Kier molecular flexibility index (Phi) is 4.45. The zero-order valence-corrected chi connectivity index (χ0v) is 12.6. The molecule has 106 valence electrons. The highest BCUT2D eigenvalue weighted by Crippen LogP contribution is 2.26. The summed E-state index contributed by atoms with van der Waals surface area (Å²) in [6.07, 6.45) is 4.74. The third kappa shape index (κ3) is 3.45. The highest BCUT2D eigenvalue weighted by atomic mass is 32.1. The summed E-state index contributed by atoms with van der Waals surface area (Å²) in [5.41, 5.74) is 2.54. The SMILES string of the molecule is Cc1ccc(-c2cnc(CNCC3CCCO3)s2)cc1. The molecule has 1 aromatic carbocycles. The van der Waals surface area contributed by atoms with Gasteiger partial charge in [0.2, 0.25) is 0 Å². The fourth-order valence-corrected chi connectivity index (χ4v) is 3.28. The van der Waals surface area contributed by atoms with E-state index in [0.717, 1.165) is 24.7 Å². The van der Waals surface area contributed by atoms with Crippen molar-refractivity contribution in [2.24, 2.45) is 0 Å². The number of benzene rings is 1. The van der Waals surface area contributed by atoms with Crippen molar-refractivity contribution in [2.75, 3.05) is 13.2 Å². The second-order valence-corrected chi connectivity index (χ2v) is 6.37. The average molecular weight is 288 g/mol. The molecule has 1 atom stereocenters. The van der Waals surface area contributed by atoms with Gasteiger partial charge in [0, 0.05) is 25.9 Å². The molecule has 0 radical (unpaired) electrons. The van der Waals surface area contributed by atoms with E-state index in [0.29, 0.717) is 6.10 Å². The van der Waals surface area contributed by atoms with Gasteiger partial charge in [-0.15, -0.1) is 11.3 Å². The quantitative estimate of drug-likeness (QED) is 0.915. The third-order valence-corrected chi connectivity index (χ3v) is 4.61. The molecule has 2 aromatic rings. The van der Waals surface area contributed by atoms with E-state index in [1.807, 2.05) is 6.20 Å². The lowest BCUT2D eigenvalue weighted by Gasteiger charge is -2.09. The maximum absolute atomic E-state index is 5.60. The summed E-state index contributed by atoms with van der Waals surface area (Å²) in [5.74, 6) is 0. The van der Waals surface area contributed by atoms with Gasteiger partial charge in [0.25, 0.3) is 0 Å². The molecule has 4 heteroatoms. The first kappa shape index (κ1) is 13.7. The molecule has 3 nitrogen and oxygen atoms in total. The van der Waals surface area contributed by atoms with E-state index >= 15 is 0 Å². The van der Waals surface area contributed by atoms with E-state index in [-0.39, 0.29) is 0 Å². The number of hydrogen-bond acceptors (Lipinski definition) is 4. The molecule has 1 aromatic heterocycles. The zero-order valence-electron chi connectivity index (χ0n) is 11.8. The fourth-order valence-electron chi connectivity index (χ4n) is 2.39. The fraction of sp³-hybridized carbons (Fsp3) is 0.438. The number of ether oxygens (including phenoxy) is 1. The monoisotopic (exact) mass is 288 g/mol. The highest BCUT2D eigenvalue weighted by molar-refractivity contribution is 7.15. The lowest BCUT2D eigenvalue weighted by atomic mass is 10.1. The van der Waals surface area contributed by atoms with Crippen LogP contribution in [0.3, 0.4) is 0 Å². The molecule has 0 amide bonds. The maximum Gasteiger partial charge on any atom is 0.107 e. The molecule has 1 unspecified atom stereocenters. The maximum atomic E-state index is 5.60. The van der Waals surface area contributed by atoms with E-state index < -0.39 is 0 Å². The molecule has 0 bridgehead atoms. The van der Waals surface area contributed by atoms with E-state index in [2.05, 4.69) is 41.5 Å². The first-order valence-corrected chi connectivity index (χ1v) is 7.97. The number of aromatic nitrogens is 1. The Morgan fingerprint density at radius 2 is 2.20 bits per heavy atom. The van der Waals surface area contributed by atoms with Crippen LogP contribution in [0.25, 0.3) is 10.4 Å². The Labute approximate surface area is 124 Å². The number of nitrogens with zero attached hydrogens (tertiary/aromatic N) is 1. The lowest BCUT2D eigenvalue weighted by Crippen LogP contribution is -2.25. The van der Waals surface area contributed by atoms with Crippen molar-refractivity contribution < 1.29 is 4.74 Å². The Balaban J connectivity index is 1.55. The molecular weight excluding hydrogens is 268 g/mol. The summed E-state index contributed by atoms with van der Waals surface area (Å²) in [6, 6.07) is 8.60. The van der Waals surface area contributed by atoms with Gasteiger partial charge in [-0.05, 0) is 25.3 Å². The number of hydrogen-bond donors (Lipinski definition) is 1. The number of thiazole rings is 1. The van der Waals surface area contributed by atoms with Gasteiger partial charge in [-0.25, -0.2) is 4.98 Å². The Bertz CT molecular complexity index is 544. The molecule has 0 spiro atoms. The molecule has 20 heavy (non-hydrogen) atoms. The third-order valence-electron chi connectivity index (χ3n) is 3.56. The lowest BCUT2D eigenvalue weighted by molar-refractivity contribution is 0.110. The zero-order chi connectivity index (χ0) is 13.8. The molecule has 1 aliphatic heterocycles. The van der Waals surface area contributed by atoms with Crippen LogP contribution in [0.4, 0.5) is 0 Å². The predicted molar refractivity (Wildman–Crippen MR) is 83.0 cm³/mol.